The van der Waals surface area contributed by atoms with Gasteiger partial charge in [0.05, 0.1) is 0 Å². The van der Waals surface area contributed by atoms with Gasteiger partial charge in [0.1, 0.15) is 5.75 Å². The van der Waals surface area contributed by atoms with Crippen LogP contribution in [0.5, 0.6) is 5.75 Å². The fourth-order valence-electron chi connectivity index (χ4n) is 2.00. The average Bonchev–Trinajstić information content (AvgIpc) is 2.27. The zero-order valence-electron chi connectivity index (χ0n) is 9.70. The molecule has 0 unspecified atom stereocenters. The van der Waals surface area contributed by atoms with Crippen molar-refractivity contribution < 1.29 is 5.11 Å². The van der Waals surface area contributed by atoms with Crippen molar-refractivity contribution in [2.45, 2.75) is 20.3 Å². The molecule has 0 saturated heterocycles. The molecule has 0 fully saturated rings. The number of hydrogen-bond acceptors (Lipinski definition) is 1. The van der Waals surface area contributed by atoms with E-state index in [0.717, 1.165) is 17.5 Å². The molecule has 0 aromatic heterocycles. The molecule has 16 heavy (non-hydrogen) atoms. The van der Waals surface area contributed by atoms with Crippen molar-refractivity contribution in [1.82, 2.24) is 0 Å². The largest absolute Gasteiger partial charge is 0.507 e. The lowest BCUT2D eigenvalue weighted by atomic mass is 9.99. The summed E-state index contributed by atoms with van der Waals surface area (Å²) in [5.74, 6) is 0.425. The van der Waals surface area contributed by atoms with Gasteiger partial charge in [-0.3, -0.25) is 0 Å². The second-order valence-corrected chi connectivity index (χ2v) is 4.25. The van der Waals surface area contributed by atoms with Crippen LogP contribution in [0.15, 0.2) is 42.5 Å². The smallest absolute Gasteiger partial charge is 0.122 e. The van der Waals surface area contributed by atoms with Crippen molar-refractivity contribution in [2.75, 3.05) is 0 Å². The second-order valence-electron chi connectivity index (χ2n) is 4.25. The molecule has 0 amide bonds. The van der Waals surface area contributed by atoms with E-state index in [1.807, 2.05) is 31.2 Å². The summed E-state index contributed by atoms with van der Waals surface area (Å²) in [7, 11) is 0. The van der Waals surface area contributed by atoms with Gasteiger partial charge in [-0.2, -0.15) is 0 Å². The summed E-state index contributed by atoms with van der Waals surface area (Å²) >= 11 is 0. The molecule has 0 aliphatic heterocycles. The first-order chi connectivity index (χ1) is 7.66. The summed E-state index contributed by atoms with van der Waals surface area (Å²) in [5.41, 5.74) is 4.37. The van der Waals surface area contributed by atoms with Crippen molar-refractivity contribution in [3.8, 4) is 5.75 Å². The summed E-state index contributed by atoms with van der Waals surface area (Å²) in [6.07, 6.45) is 0.787. The van der Waals surface area contributed by atoms with E-state index in [-0.39, 0.29) is 0 Å². The lowest BCUT2D eigenvalue weighted by molar-refractivity contribution is 0.465. The van der Waals surface area contributed by atoms with Crippen LogP contribution in [0.1, 0.15) is 22.3 Å². The van der Waals surface area contributed by atoms with Crippen molar-refractivity contribution in [1.29, 1.82) is 0 Å². The highest BCUT2D eigenvalue weighted by molar-refractivity contribution is 5.44. The summed E-state index contributed by atoms with van der Waals surface area (Å²) in [6.45, 7) is 4.00. The SMILES string of the molecule is Cc1cc(C)c(O)c(Cc2ccccc2)c1. The van der Waals surface area contributed by atoms with E-state index in [9.17, 15) is 5.11 Å². The molecule has 0 spiro atoms. The molecule has 2 aromatic rings. The van der Waals surface area contributed by atoms with Gasteiger partial charge in [-0.05, 0) is 30.5 Å². The minimum atomic E-state index is 0.425. The van der Waals surface area contributed by atoms with Gasteiger partial charge in [-0.15, -0.1) is 0 Å². The Morgan fingerprint density at radius 1 is 1.00 bits per heavy atom. The maximum Gasteiger partial charge on any atom is 0.122 e. The molecule has 2 aromatic carbocycles. The molecular formula is C15H16O. The Kier molecular flexibility index (Phi) is 2.95. The Balaban J connectivity index is 2.35. The van der Waals surface area contributed by atoms with E-state index in [0.29, 0.717) is 5.75 Å². The molecule has 0 aliphatic rings. The molecule has 0 saturated carbocycles. The third kappa shape index (κ3) is 2.25. The van der Waals surface area contributed by atoms with E-state index in [1.165, 1.54) is 11.1 Å². The fourth-order valence-corrected chi connectivity index (χ4v) is 2.00. The molecule has 82 valence electrons. The van der Waals surface area contributed by atoms with Crippen molar-refractivity contribution >= 4 is 0 Å². The Morgan fingerprint density at radius 2 is 1.69 bits per heavy atom. The molecule has 0 aliphatic carbocycles. The van der Waals surface area contributed by atoms with E-state index < -0.39 is 0 Å². The Hall–Kier alpha value is -1.76. The second kappa shape index (κ2) is 4.40. The molecule has 2 rings (SSSR count). The summed E-state index contributed by atoms with van der Waals surface area (Å²) in [5, 5.41) is 9.98. The van der Waals surface area contributed by atoms with Crippen LogP contribution in [-0.2, 0) is 6.42 Å². The van der Waals surface area contributed by atoms with Gasteiger partial charge in [0.25, 0.3) is 0 Å². The van der Waals surface area contributed by atoms with Gasteiger partial charge in [0.2, 0.25) is 0 Å². The van der Waals surface area contributed by atoms with Crippen LogP contribution in [0.2, 0.25) is 0 Å². The summed E-state index contributed by atoms with van der Waals surface area (Å²) < 4.78 is 0. The summed E-state index contributed by atoms with van der Waals surface area (Å²) in [6, 6.07) is 14.3. The zero-order valence-corrected chi connectivity index (χ0v) is 9.70. The number of phenols is 1. The third-order valence-electron chi connectivity index (χ3n) is 2.76. The molecule has 1 N–H and O–H groups in total. The third-order valence-corrected chi connectivity index (χ3v) is 2.76. The lowest BCUT2D eigenvalue weighted by Gasteiger charge is -2.09. The predicted octanol–water partition coefficient (Wildman–Crippen LogP) is 3.60. The van der Waals surface area contributed by atoms with Crippen LogP contribution >= 0.6 is 0 Å². The van der Waals surface area contributed by atoms with Crippen molar-refractivity contribution in [3.05, 3.63) is 64.7 Å². The molecule has 0 heterocycles. The zero-order chi connectivity index (χ0) is 11.5. The Morgan fingerprint density at radius 3 is 2.38 bits per heavy atom. The first-order valence-corrected chi connectivity index (χ1v) is 5.50. The minimum absolute atomic E-state index is 0.425. The van der Waals surface area contributed by atoms with Crippen LogP contribution in [0.3, 0.4) is 0 Å². The number of rotatable bonds is 2. The molecule has 1 nitrogen and oxygen atoms in total. The Labute approximate surface area is 96.4 Å². The highest BCUT2D eigenvalue weighted by Gasteiger charge is 2.06. The van der Waals surface area contributed by atoms with Crippen LogP contribution in [0.4, 0.5) is 0 Å². The van der Waals surface area contributed by atoms with E-state index >= 15 is 0 Å². The van der Waals surface area contributed by atoms with Gasteiger partial charge in [-0.1, -0.05) is 48.0 Å². The molecule has 0 radical (unpaired) electrons. The monoisotopic (exact) mass is 212 g/mol. The molecule has 0 atom stereocenters. The van der Waals surface area contributed by atoms with Gasteiger partial charge in [-0.25, -0.2) is 0 Å². The van der Waals surface area contributed by atoms with Gasteiger partial charge < -0.3 is 5.11 Å². The highest BCUT2D eigenvalue weighted by atomic mass is 16.3. The van der Waals surface area contributed by atoms with Gasteiger partial charge in [0, 0.05) is 6.42 Å². The lowest BCUT2D eigenvalue weighted by Crippen LogP contribution is -1.91. The Bertz CT molecular complexity index is 486. The average molecular weight is 212 g/mol. The van der Waals surface area contributed by atoms with Crippen molar-refractivity contribution in [2.24, 2.45) is 0 Å². The highest BCUT2D eigenvalue weighted by Crippen LogP contribution is 2.25. The van der Waals surface area contributed by atoms with Gasteiger partial charge >= 0.3 is 0 Å². The van der Waals surface area contributed by atoms with Crippen LogP contribution in [0, 0.1) is 13.8 Å². The standard InChI is InChI=1S/C15H16O/c1-11-8-12(2)15(16)14(9-11)10-13-6-4-3-5-7-13/h3-9,16H,10H2,1-2H3. The number of benzene rings is 2. The molecular weight excluding hydrogens is 196 g/mol. The quantitative estimate of drug-likeness (QED) is 0.806. The van der Waals surface area contributed by atoms with E-state index in [1.54, 1.807) is 0 Å². The molecule has 0 bridgehead atoms. The fraction of sp³-hybridized carbons (Fsp3) is 0.200. The minimum Gasteiger partial charge on any atom is -0.507 e. The number of aryl methyl sites for hydroxylation is 2. The van der Waals surface area contributed by atoms with Crippen LogP contribution in [-0.4, -0.2) is 5.11 Å². The summed E-state index contributed by atoms with van der Waals surface area (Å²) in [4.78, 5) is 0. The van der Waals surface area contributed by atoms with Crippen LogP contribution in [0.25, 0.3) is 0 Å². The molecule has 1 heteroatoms. The van der Waals surface area contributed by atoms with Gasteiger partial charge in [0.15, 0.2) is 0 Å². The predicted molar refractivity (Wildman–Crippen MR) is 66.8 cm³/mol. The first-order valence-electron chi connectivity index (χ1n) is 5.50. The topological polar surface area (TPSA) is 20.2 Å². The number of phenolic OH excluding ortho intramolecular Hbond substituents is 1. The van der Waals surface area contributed by atoms with Crippen LogP contribution < -0.4 is 0 Å². The van der Waals surface area contributed by atoms with E-state index in [2.05, 4.69) is 25.1 Å². The van der Waals surface area contributed by atoms with E-state index in [4.69, 9.17) is 0 Å². The number of hydrogen-bond donors (Lipinski definition) is 1. The maximum absolute atomic E-state index is 9.98. The van der Waals surface area contributed by atoms with Crippen molar-refractivity contribution in [3.63, 3.8) is 0 Å². The number of aromatic hydroxyl groups is 1. The maximum atomic E-state index is 9.98. The normalized spacial score (nSPS) is 10.4. The first kappa shape index (κ1) is 10.7.